The standard InChI is InChI=1S/C14H29N3O2S/c1-5-8-15-10-14-7-6-9-17(12-14)20(18,19)16(4)11-13(2)3/h14-15H,2,5-12H2,1,3-4H3. The lowest BCUT2D eigenvalue weighted by molar-refractivity contribution is 0.248. The Morgan fingerprint density at radius 3 is 2.80 bits per heavy atom. The summed E-state index contributed by atoms with van der Waals surface area (Å²) >= 11 is 0. The van der Waals surface area contributed by atoms with E-state index in [2.05, 4.69) is 18.8 Å². The molecule has 1 unspecified atom stereocenters. The van der Waals surface area contributed by atoms with Gasteiger partial charge in [0.15, 0.2) is 0 Å². The minimum absolute atomic E-state index is 0.386. The Labute approximate surface area is 124 Å². The Morgan fingerprint density at radius 1 is 1.50 bits per heavy atom. The van der Waals surface area contributed by atoms with Crippen LogP contribution in [0.2, 0.25) is 0 Å². The summed E-state index contributed by atoms with van der Waals surface area (Å²) in [4.78, 5) is 0. The molecule has 1 heterocycles. The van der Waals surface area contributed by atoms with E-state index in [1.807, 2.05) is 6.92 Å². The summed E-state index contributed by atoms with van der Waals surface area (Å²) in [6.45, 7) is 11.3. The van der Waals surface area contributed by atoms with Crippen LogP contribution in [0.1, 0.15) is 33.1 Å². The highest BCUT2D eigenvalue weighted by molar-refractivity contribution is 7.86. The van der Waals surface area contributed by atoms with E-state index < -0.39 is 10.2 Å². The van der Waals surface area contributed by atoms with Gasteiger partial charge >= 0.3 is 0 Å². The third-order valence-corrected chi connectivity index (χ3v) is 5.46. The van der Waals surface area contributed by atoms with E-state index in [0.717, 1.165) is 37.9 Å². The molecule has 1 rings (SSSR count). The van der Waals surface area contributed by atoms with E-state index in [1.165, 1.54) is 4.31 Å². The number of hydrogen-bond donors (Lipinski definition) is 1. The molecule has 1 atom stereocenters. The van der Waals surface area contributed by atoms with E-state index >= 15 is 0 Å². The summed E-state index contributed by atoms with van der Waals surface area (Å²) in [6, 6.07) is 0. The molecule has 0 amide bonds. The number of nitrogens with one attached hydrogen (secondary N) is 1. The second-order valence-electron chi connectivity index (χ2n) is 5.79. The molecular weight excluding hydrogens is 274 g/mol. The lowest BCUT2D eigenvalue weighted by Crippen LogP contribution is -2.48. The van der Waals surface area contributed by atoms with Gasteiger partial charge in [0.05, 0.1) is 0 Å². The molecule has 1 fully saturated rings. The Bertz CT molecular complexity index is 409. The molecule has 1 saturated heterocycles. The van der Waals surface area contributed by atoms with Crippen molar-refractivity contribution in [3.8, 4) is 0 Å². The minimum Gasteiger partial charge on any atom is -0.316 e. The first kappa shape index (κ1) is 17.6. The quantitative estimate of drug-likeness (QED) is 0.545. The normalized spacial score (nSPS) is 21.3. The van der Waals surface area contributed by atoms with Crippen LogP contribution in [0, 0.1) is 5.92 Å². The first-order valence-electron chi connectivity index (χ1n) is 7.44. The van der Waals surface area contributed by atoms with Crippen molar-refractivity contribution in [1.29, 1.82) is 0 Å². The molecule has 0 bridgehead atoms. The first-order valence-corrected chi connectivity index (χ1v) is 8.84. The van der Waals surface area contributed by atoms with Crippen LogP contribution in [0.15, 0.2) is 12.2 Å². The van der Waals surface area contributed by atoms with Crippen molar-refractivity contribution in [2.24, 2.45) is 5.92 Å². The molecule has 0 aromatic rings. The fraction of sp³-hybridized carbons (Fsp3) is 0.857. The van der Waals surface area contributed by atoms with E-state index in [0.29, 0.717) is 25.6 Å². The lowest BCUT2D eigenvalue weighted by Gasteiger charge is -2.34. The Kier molecular flexibility index (Phi) is 7.15. The van der Waals surface area contributed by atoms with Crippen molar-refractivity contribution in [2.75, 3.05) is 39.8 Å². The molecule has 1 N–H and O–H groups in total. The lowest BCUT2D eigenvalue weighted by atomic mass is 10.00. The second kappa shape index (κ2) is 8.12. The van der Waals surface area contributed by atoms with Gasteiger partial charge in [0.1, 0.15) is 0 Å². The van der Waals surface area contributed by atoms with Crippen molar-refractivity contribution < 1.29 is 8.42 Å². The zero-order valence-electron chi connectivity index (χ0n) is 13.1. The van der Waals surface area contributed by atoms with E-state index in [1.54, 1.807) is 11.4 Å². The Balaban J connectivity index is 2.58. The van der Waals surface area contributed by atoms with Crippen molar-refractivity contribution in [3.05, 3.63) is 12.2 Å². The highest BCUT2D eigenvalue weighted by Crippen LogP contribution is 2.20. The van der Waals surface area contributed by atoms with Gasteiger partial charge in [-0.1, -0.05) is 19.1 Å². The molecule has 0 aromatic heterocycles. The molecule has 0 spiro atoms. The van der Waals surface area contributed by atoms with Gasteiger partial charge in [-0.3, -0.25) is 0 Å². The van der Waals surface area contributed by atoms with Gasteiger partial charge in [-0.25, -0.2) is 0 Å². The van der Waals surface area contributed by atoms with E-state index in [-0.39, 0.29) is 0 Å². The van der Waals surface area contributed by atoms with Crippen LogP contribution in [0.5, 0.6) is 0 Å². The van der Waals surface area contributed by atoms with Gasteiger partial charge in [0.2, 0.25) is 0 Å². The van der Waals surface area contributed by atoms with Gasteiger partial charge < -0.3 is 5.32 Å². The molecule has 0 aromatic carbocycles. The third-order valence-electron chi connectivity index (χ3n) is 3.55. The SMILES string of the molecule is C=C(C)CN(C)S(=O)(=O)N1CCCC(CNCCC)C1. The van der Waals surface area contributed by atoms with Crippen LogP contribution >= 0.6 is 0 Å². The van der Waals surface area contributed by atoms with Gasteiger partial charge in [0, 0.05) is 26.7 Å². The maximum Gasteiger partial charge on any atom is 0.282 e. The molecular formula is C14H29N3O2S. The van der Waals surface area contributed by atoms with Crippen LogP contribution in [0.3, 0.4) is 0 Å². The molecule has 0 aliphatic carbocycles. The average molecular weight is 303 g/mol. The van der Waals surface area contributed by atoms with Gasteiger partial charge in [-0.2, -0.15) is 17.0 Å². The summed E-state index contributed by atoms with van der Waals surface area (Å²) in [5.74, 6) is 0.420. The molecule has 0 saturated carbocycles. The molecule has 5 nitrogen and oxygen atoms in total. The van der Waals surface area contributed by atoms with Gasteiger partial charge in [0.25, 0.3) is 10.2 Å². The van der Waals surface area contributed by atoms with E-state index in [9.17, 15) is 8.42 Å². The number of hydrogen-bond acceptors (Lipinski definition) is 3. The van der Waals surface area contributed by atoms with Crippen molar-refractivity contribution in [2.45, 2.75) is 33.1 Å². The fourth-order valence-corrected chi connectivity index (χ4v) is 4.08. The summed E-state index contributed by atoms with van der Waals surface area (Å²) in [6.07, 6.45) is 3.15. The molecule has 6 heteroatoms. The van der Waals surface area contributed by atoms with Crippen molar-refractivity contribution in [3.63, 3.8) is 0 Å². The average Bonchev–Trinajstić information content (AvgIpc) is 2.38. The Hall–Kier alpha value is -0.430. The summed E-state index contributed by atoms with van der Waals surface area (Å²) in [7, 11) is -1.71. The maximum absolute atomic E-state index is 12.5. The number of piperidine rings is 1. The Morgan fingerprint density at radius 2 is 2.20 bits per heavy atom. The van der Waals surface area contributed by atoms with Crippen molar-refractivity contribution in [1.82, 2.24) is 13.9 Å². The van der Waals surface area contributed by atoms with Crippen LogP contribution in [-0.4, -0.2) is 56.8 Å². The molecule has 118 valence electrons. The zero-order valence-corrected chi connectivity index (χ0v) is 13.9. The van der Waals surface area contributed by atoms with E-state index in [4.69, 9.17) is 0 Å². The van der Waals surface area contributed by atoms with Gasteiger partial charge in [-0.05, 0) is 45.2 Å². The topological polar surface area (TPSA) is 52.7 Å². The smallest absolute Gasteiger partial charge is 0.282 e. The summed E-state index contributed by atoms with van der Waals surface area (Å²) in [5, 5.41) is 3.39. The first-order chi connectivity index (χ1) is 9.37. The third kappa shape index (κ3) is 5.16. The second-order valence-corrected chi connectivity index (χ2v) is 7.83. The van der Waals surface area contributed by atoms with Crippen LogP contribution in [0.4, 0.5) is 0 Å². The molecule has 1 aliphatic heterocycles. The zero-order chi connectivity index (χ0) is 15.2. The largest absolute Gasteiger partial charge is 0.316 e. The number of nitrogens with zero attached hydrogens (tertiary/aromatic N) is 2. The number of likely N-dealkylation sites (N-methyl/N-ethyl adjacent to an activating group) is 1. The molecule has 1 aliphatic rings. The minimum atomic E-state index is -3.34. The summed E-state index contributed by atoms with van der Waals surface area (Å²) < 4.78 is 28.0. The van der Waals surface area contributed by atoms with Crippen LogP contribution in [-0.2, 0) is 10.2 Å². The van der Waals surface area contributed by atoms with Crippen LogP contribution in [0.25, 0.3) is 0 Å². The highest BCUT2D eigenvalue weighted by Gasteiger charge is 2.31. The number of rotatable bonds is 8. The highest BCUT2D eigenvalue weighted by atomic mass is 32.2. The predicted molar refractivity (Wildman–Crippen MR) is 83.8 cm³/mol. The molecule has 0 radical (unpaired) electrons. The van der Waals surface area contributed by atoms with Crippen molar-refractivity contribution >= 4 is 10.2 Å². The monoisotopic (exact) mass is 303 g/mol. The fourth-order valence-electron chi connectivity index (χ4n) is 2.54. The van der Waals surface area contributed by atoms with Gasteiger partial charge in [-0.15, -0.1) is 0 Å². The maximum atomic E-state index is 12.5. The molecule has 20 heavy (non-hydrogen) atoms. The predicted octanol–water partition coefficient (Wildman–Crippen LogP) is 1.45. The van der Waals surface area contributed by atoms with Crippen LogP contribution < -0.4 is 5.32 Å². The summed E-state index contributed by atoms with van der Waals surface area (Å²) in [5.41, 5.74) is 0.856.